The van der Waals surface area contributed by atoms with E-state index in [1.54, 1.807) is 14.1 Å². The van der Waals surface area contributed by atoms with Crippen LogP contribution in [-0.4, -0.2) is 67.1 Å². The minimum absolute atomic E-state index is 0. The number of guanidine groups is 1. The van der Waals surface area contributed by atoms with Crippen LogP contribution < -0.4 is 27.4 Å². The molecule has 0 spiro atoms. The molecule has 0 heterocycles. The predicted octanol–water partition coefficient (Wildman–Crippen LogP) is 3.03. The average Bonchev–Trinajstić information content (AvgIpc) is 3.00. The van der Waals surface area contributed by atoms with Crippen LogP contribution in [0.5, 0.6) is 0 Å². The van der Waals surface area contributed by atoms with Gasteiger partial charge in [-0.05, 0) is 62.3 Å². The predicted molar refractivity (Wildman–Crippen MR) is 177 cm³/mol. The number of hydrogen-bond donors (Lipinski definition) is 7. The lowest BCUT2D eigenvalue weighted by molar-refractivity contribution is -0.137. The standard InChI is InChI=1S/C32H52N8O3.ClH/c1-40(2)31(43)26(14-9-19-37-32(35)36)38-30(42)27(23-12-7-4-8-13-23)39-29(41)25(22-10-5-3-6-11-22)20-21-15-17-24(18-16-21)28(33)34;/h15-18,22-23,25-27H,3-14,19-20H2,1-2H3,(H3,33,34)(H,38,42)(H,39,41)(H4,35,36,37);1H. The van der Waals surface area contributed by atoms with Gasteiger partial charge >= 0.3 is 0 Å². The first-order chi connectivity index (χ1) is 20.6. The molecule has 12 heteroatoms. The molecule has 2 saturated carbocycles. The van der Waals surface area contributed by atoms with Crippen LogP contribution in [0.25, 0.3) is 0 Å². The molecule has 0 aliphatic heterocycles. The number of amides is 3. The molecule has 0 radical (unpaired) electrons. The maximum atomic E-state index is 14.1. The highest BCUT2D eigenvalue weighted by molar-refractivity contribution is 5.95. The van der Waals surface area contributed by atoms with Gasteiger partial charge < -0.3 is 32.3 Å². The zero-order chi connectivity index (χ0) is 31.4. The second kappa shape index (κ2) is 18.5. The molecule has 3 rings (SSSR count). The fourth-order valence-electron chi connectivity index (χ4n) is 6.57. The van der Waals surface area contributed by atoms with Crippen LogP contribution in [0.1, 0.15) is 88.2 Å². The zero-order valence-corrected chi connectivity index (χ0v) is 27.1. The molecule has 0 aromatic heterocycles. The molecule has 2 aliphatic carbocycles. The third kappa shape index (κ3) is 11.3. The number of nitrogens with two attached hydrogens (primary N) is 2. The van der Waals surface area contributed by atoms with Gasteiger partial charge in [-0.1, -0.05) is 62.8 Å². The first-order valence-electron chi connectivity index (χ1n) is 15.9. The Morgan fingerprint density at radius 3 is 1.95 bits per heavy atom. The monoisotopic (exact) mass is 632 g/mol. The number of amidine groups is 1. The Morgan fingerprint density at radius 2 is 1.43 bits per heavy atom. The molecule has 3 amide bonds. The number of carbonyl (C=O) groups excluding carboxylic acids is 3. The van der Waals surface area contributed by atoms with E-state index in [1.165, 1.54) is 11.3 Å². The Hall–Kier alpha value is -3.34. The minimum atomic E-state index is -0.742. The molecule has 0 saturated heterocycles. The summed E-state index contributed by atoms with van der Waals surface area (Å²) < 4.78 is 0. The van der Waals surface area contributed by atoms with E-state index in [2.05, 4.69) is 16.0 Å². The highest BCUT2D eigenvalue weighted by Crippen LogP contribution is 2.33. The molecule has 246 valence electrons. The summed E-state index contributed by atoms with van der Waals surface area (Å²) in [6.45, 7) is 0.418. The second-order valence-electron chi connectivity index (χ2n) is 12.5. The number of nitrogens with one attached hydrogen (secondary N) is 5. The van der Waals surface area contributed by atoms with Gasteiger partial charge in [0.15, 0.2) is 5.96 Å². The maximum absolute atomic E-state index is 14.1. The summed E-state index contributed by atoms with van der Waals surface area (Å²) in [5, 5.41) is 24.0. The molecule has 0 bridgehead atoms. The van der Waals surface area contributed by atoms with Crippen LogP contribution in [0.2, 0.25) is 0 Å². The van der Waals surface area contributed by atoms with Crippen molar-refractivity contribution in [3.63, 3.8) is 0 Å². The number of nitrogens with zero attached hydrogens (tertiary/aromatic N) is 1. The third-order valence-electron chi connectivity index (χ3n) is 9.02. The number of hydrogen-bond acceptors (Lipinski definition) is 5. The summed E-state index contributed by atoms with van der Waals surface area (Å²) in [4.78, 5) is 42.5. The van der Waals surface area contributed by atoms with Crippen molar-refractivity contribution < 1.29 is 14.4 Å². The van der Waals surface area contributed by atoms with Crippen LogP contribution in [-0.2, 0) is 20.8 Å². The Labute approximate surface area is 268 Å². The van der Waals surface area contributed by atoms with Crippen molar-refractivity contribution >= 4 is 41.9 Å². The topological polar surface area (TPSA) is 190 Å². The second-order valence-corrected chi connectivity index (χ2v) is 12.5. The summed E-state index contributed by atoms with van der Waals surface area (Å²) in [5.74, 6) is -0.791. The molecule has 1 aromatic carbocycles. The van der Waals surface area contributed by atoms with Crippen molar-refractivity contribution in [3.05, 3.63) is 35.4 Å². The zero-order valence-electron chi connectivity index (χ0n) is 26.3. The van der Waals surface area contributed by atoms with Gasteiger partial charge in [-0.2, -0.15) is 0 Å². The lowest BCUT2D eigenvalue weighted by Gasteiger charge is -2.35. The smallest absolute Gasteiger partial charge is 0.244 e. The van der Waals surface area contributed by atoms with Crippen molar-refractivity contribution in [1.29, 1.82) is 10.8 Å². The van der Waals surface area contributed by atoms with Crippen LogP contribution in [0.4, 0.5) is 0 Å². The van der Waals surface area contributed by atoms with Gasteiger partial charge in [0.05, 0.1) is 0 Å². The van der Waals surface area contributed by atoms with E-state index < -0.39 is 12.1 Å². The molecule has 2 aliphatic rings. The fraction of sp³-hybridized carbons (Fsp3) is 0.656. The highest BCUT2D eigenvalue weighted by atomic mass is 35.5. The number of carbonyl (C=O) groups is 3. The van der Waals surface area contributed by atoms with E-state index in [0.29, 0.717) is 31.4 Å². The fourth-order valence-corrected chi connectivity index (χ4v) is 6.57. The Kier molecular flexibility index (Phi) is 15.5. The number of nitrogen functional groups attached to an aromatic ring is 1. The van der Waals surface area contributed by atoms with Gasteiger partial charge in [-0.3, -0.25) is 25.2 Å². The summed E-state index contributed by atoms with van der Waals surface area (Å²) in [5.41, 5.74) is 12.7. The first-order valence-corrected chi connectivity index (χ1v) is 15.9. The van der Waals surface area contributed by atoms with Gasteiger partial charge in [0.2, 0.25) is 17.7 Å². The quantitative estimate of drug-likeness (QED) is 0.0936. The highest BCUT2D eigenvalue weighted by Gasteiger charge is 2.37. The molecule has 1 aromatic rings. The van der Waals surface area contributed by atoms with Crippen LogP contribution in [0.15, 0.2) is 24.3 Å². The largest absolute Gasteiger partial charge is 0.384 e. The minimum Gasteiger partial charge on any atom is -0.384 e. The third-order valence-corrected chi connectivity index (χ3v) is 9.02. The van der Waals surface area contributed by atoms with E-state index in [9.17, 15) is 14.4 Å². The van der Waals surface area contributed by atoms with Gasteiger partial charge in [0.25, 0.3) is 0 Å². The number of rotatable bonds is 14. The van der Waals surface area contributed by atoms with Crippen molar-refractivity contribution in [1.82, 2.24) is 20.9 Å². The summed E-state index contributed by atoms with van der Waals surface area (Å²) in [7, 11) is 3.32. The molecule has 44 heavy (non-hydrogen) atoms. The molecule has 9 N–H and O–H groups in total. The van der Waals surface area contributed by atoms with Crippen molar-refractivity contribution in [2.75, 3.05) is 20.6 Å². The molecular formula is C32H53ClN8O3. The van der Waals surface area contributed by atoms with E-state index in [4.69, 9.17) is 22.3 Å². The lowest BCUT2D eigenvalue weighted by Crippen LogP contribution is -2.57. The average molecular weight is 633 g/mol. The number of benzene rings is 1. The molecule has 2 fully saturated rings. The van der Waals surface area contributed by atoms with Gasteiger partial charge in [0, 0.05) is 32.1 Å². The van der Waals surface area contributed by atoms with E-state index >= 15 is 0 Å². The van der Waals surface area contributed by atoms with Crippen molar-refractivity contribution in [2.24, 2.45) is 29.2 Å². The van der Waals surface area contributed by atoms with Gasteiger partial charge in [-0.15, -0.1) is 12.4 Å². The lowest BCUT2D eigenvalue weighted by atomic mass is 9.76. The summed E-state index contributed by atoms with van der Waals surface area (Å²) >= 11 is 0. The van der Waals surface area contributed by atoms with Crippen molar-refractivity contribution in [3.8, 4) is 0 Å². The Bertz CT molecular complexity index is 1100. The maximum Gasteiger partial charge on any atom is 0.244 e. The molecule has 3 atom stereocenters. The van der Waals surface area contributed by atoms with Crippen LogP contribution in [0, 0.1) is 28.6 Å². The van der Waals surface area contributed by atoms with Crippen LogP contribution >= 0.6 is 12.4 Å². The van der Waals surface area contributed by atoms with E-state index in [1.807, 2.05) is 24.3 Å². The number of halogens is 1. The SMILES string of the molecule is CN(C)C(=O)C(CCCNC(=N)N)NC(=O)C(NC(=O)C(Cc1ccc(C(=N)N)cc1)C1CCCCC1)C1CCCCC1.Cl. The van der Waals surface area contributed by atoms with E-state index in [0.717, 1.165) is 63.4 Å². The van der Waals surface area contributed by atoms with Crippen LogP contribution in [0.3, 0.4) is 0 Å². The first kappa shape index (κ1) is 36.8. The van der Waals surface area contributed by atoms with Crippen molar-refractivity contribution in [2.45, 2.75) is 95.6 Å². The van der Waals surface area contributed by atoms with Gasteiger partial charge in [0.1, 0.15) is 17.9 Å². The summed E-state index contributed by atoms with van der Waals surface area (Å²) in [6, 6.07) is 6.05. The normalized spacial score (nSPS) is 17.7. The van der Waals surface area contributed by atoms with E-state index in [-0.39, 0.29) is 59.7 Å². The Balaban J connectivity index is 0.00000675. The number of likely N-dealkylation sites (N-methyl/N-ethyl adjacent to an activating group) is 1. The van der Waals surface area contributed by atoms with Gasteiger partial charge in [-0.25, -0.2) is 0 Å². The molecular weight excluding hydrogens is 580 g/mol. The summed E-state index contributed by atoms with van der Waals surface area (Å²) in [6.07, 6.45) is 11.7. The Morgan fingerprint density at radius 1 is 0.864 bits per heavy atom. The molecule has 11 nitrogen and oxygen atoms in total. The molecule has 3 unspecified atom stereocenters.